The molecule has 2 aliphatic heterocycles. The third kappa shape index (κ3) is 1.66. The van der Waals surface area contributed by atoms with Crippen LogP contribution in [0.25, 0.3) is 5.57 Å². The van der Waals surface area contributed by atoms with Crippen LogP contribution in [0.2, 0.25) is 0 Å². The zero-order valence-corrected chi connectivity index (χ0v) is 10.1. The molecule has 0 aromatic heterocycles. The van der Waals surface area contributed by atoms with Gasteiger partial charge in [0, 0.05) is 18.3 Å². The van der Waals surface area contributed by atoms with Gasteiger partial charge in [0.1, 0.15) is 5.84 Å². The first-order valence-electron chi connectivity index (χ1n) is 5.86. The number of allylic oxidation sites excluding steroid dienone is 1. The normalized spacial score (nSPS) is 20.8. The third-order valence-corrected chi connectivity index (χ3v) is 3.28. The molecule has 4 nitrogen and oxygen atoms in total. The topological polar surface area (TPSA) is 53.8 Å². The lowest BCUT2D eigenvalue weighted by Gasteiger charge is -2.16. The Bertz CT molecular complexity index is 573. The van der Waals surface area contributed by atoms with Crippen molar-refractivity contribution in [1.29, 1.82) is 0 Å². The SMILES string of the molecule is COc1ccc(C2=CNC3=NC=CCC23)cc1O. The van der Waals surface area contributed by atoms with Crippen LogP contribution in [0.5, 0.6) is 11.5 Å². The van der Waals surface area contributed by atoms with Crippen LogP contribution >= 0.6 is 0 Å². The molecule has 0 amide bonds. The fraction of sp³-hybridized carbons (Fsp3) is 0.214. The number of hydrogen-bond acceptors (Lipinski definition) is 4. The second-order valence-corrected chi connectivity index (χ2v) is 4.32. The van der Waals surface area contributed by atoms with E-state index in [2.05, 4.69) is 16.4 Å². The molecule has 0 aliphatic carbocycles. The lowest BCUT2D eigenvalue weighted by molar-refractivity contribution is 0.373. The maximum Gasteiger partial charge on any atom is 0.160 e. The molecular weight excluding hydrogens is 228 g/mol. The van der Waals surface area contributed by atoms with Crippen LogP contribution in [0, 0.1) is 5.92 Å². The minimum atomic E-state index is 0.160. The Kier molecular flexibility index (Phi) is 2.55. The quantitative estimate of drug-likeness (QED) is 0.836. The Hall–Kier alpha value is -2.23. The van der Waals surface area contributed by atoms with Gasteiger partial charge in [0.15, 0.2) is 11.5 Å². The molecule has 0 spiro atoms. The summed E-state index contributed by atoms with van der Waals surface area (Å²) in [7, 11) is 1.54. The maximum absolute atomic E-state index is 9.83. The van der Waals surface area contributed by atoms with Gasteiger partial charge >= 0.3 is 0 Å². The molecule has 1 unspecified atom stereocenters. The number of fused-ring (bicyclic) bond motifs is 1. The summed E-state index contributed by atoms with van der Waals surface area (Å²) in [6.45, 7) is 0. The van der Waals surface area contributed by atoms with Crippen LogP contribution in [0.1, 0.15) is 12.0 Å². The standard InChI is InChI=1S/C14H14N2O2/c1-18-13-5-4-9(7-12(13)17)11-8-16-14-10(11)3-2-6-15-14/h2,4-8,10,17H,3H2,1H3,(H,15,16). The number of rotatable bonds is 2. The second-order valence-electron chi connectivity index (χ2n) is 4.32. The second kappa shape index (κ2) is 4.22. The van der Waals surface area contributed by atoms with Gasteiger partial charge in [0.05, 0.1) is 7.11 Å². The van der Waals surface area contributed by atoms with E-state index in [1.165, 1.54) is 0 Å². The van der Waals surface area contributed by atoms with Gasteiger partial charge in [0.2, 0.25) is 0 Å². The van der Waals surface area contributed by atoms with Crippen molar-refractivity contribution >= 4 is 11.4 Å². The minimum absolute atomic E-state index is 0.160. The van der Waals surface area contributed by atoms with Gasteiger partial charge in [-0.15, -0.1) is 0 Å². The van der Waals surface area contributed by atoms with Gasteiger partial charge in [-0.2, -0.15) is 0 Å². The first kappa shape index (κ1) is 10.9. The summed E-state index contributed by atoms with van der Waals surface area (Å²) in [5.74, 6) is 1.89. The molecule has 0 saturated carbocycles. The Labute approximate surface area is 105 Å². The van der Waals surface area contributed by atoms with Gasteiger partial charge in [0.25, 0.3) is 0 Å². The molecule has 2 heterocycles. The van der Waals surface area contributed by atoms with E-state index in [-0.39, 0.29) is 11.7 Å². The lowest BCUT2D eigenvalue weighted by Crippen LogP contribution is -2.21. The Morgan fingerprint density at radius 3 is 3.11 bits per heavy atom. The zero-order chi connectivity index (χ0) is 12.5. The number of phenolic OH excluding ortho intramolecular Hbond substituents is 1. The number of nitrogens with one attached hydrogen (secondary N) is 1. The highest BCUT2D eigenvalue weighted by Gasteiger charge is 2.27. The fourth-order valence-electron chi connectivity index (χ4n) is 2.35. The van der Waals surface area contributed by atoms with Crippen LogP contribution in [0.15, 0.2) is 41.7 Å². The first-order valence-corrected chi connectivity index (χ1v) is 5.86. The molecule has 2 N–H and O–H groups in total. The number of phenols is 1. The number of nitrogens with zero attached hydrogens (tertiary/aromatic N) is 1. The first-order chi connectivity index (χ1) is 8.79. The van der Waals surface area contributed by atoms with E-state index in [1.807, 2.05) is 18.5 Å². The van der Waals surface area contributed by atoms with Crippen molar-refractivity contribution in [3.63, 3.8) is 0 Å². The largest absolute Gasteiger partial charge is 0.504 e. The molecule has 92 valence electrons. The number of amidine groups is 1. The Morgan fingerprint density at radius 2 is 2.33 bits per heavy atom. The summed E-state index contributed by atoms with van der Waals surface area (Å²) >= 11 is 0. The maximum atomic E-state index is 9.83. The van der Waals surface area contributed by atoms with Gasteiger partial charge < -0.3 is 15.2 Å². The van der Waals surface area contributed by atoms with Crippen LogP contribution in [0.4, 0.5) is 0 Å². The van der Waals surface area contributed by atoms with E-state index >= 15 is 0 Å². The molecule has 0 fully saturated rings. The van der Waals surface area contributed by atoms with Crippen molar-refractivity contribution in [2.24, 2.45) is 10.9 Å². The zero-order valence-electron chi connectivity index (χ0n) is 10.1. The molecule has 0 saturated heterocycles. The molecule has 2 aliphatic rings. The fourth-order valence-corrected chi connectivity index (χ4v) is 2.35. The smallest absolute Gasteiger partial charge is 0.160 e. The highest BCUT2D eigenvalue weighted by atomic mass is 16.5. The van der Waals surface area contributed by atoms with E-state index in [4.69, 9.17) is 4.74 Å². The van der Waals surface area contributed by atoms with Crippen LogP contribution in [-0.2, 0) is 0 Å². The average molecular weight is 242 g/mol. The average Bonchev–Trinajstić information content (AvgIpc) is 2.82. The lowest BCUT2D eigenvalue weighted by atomic mass is 9.91. The number of aromatic hydroxyl groups is 1. The number of benzene rings is 1. The van der Waals surface area contributed by atoms with E-state index in [9.17, 15) is 5.11 Å². The number of aliphatic imine (C=N–C) groups is 1. The summed E-state index contributed by atoms with van der Waals surface area (Å²) in [6.07, 6.45) is 6.77. The van der Waals surface area contributed by atoms with Crippen LogP contribution < -0.4 is 10.1 Å². The number of hydrogen-bond donors (Lipinski definition) is 2. The minimum Gasteiger partial charge on any atom is -0.504 e. The summed E-state index contributed by atoms with van der Waals surface area (Å²) in [5, 5.41) is 13.0. The number of ether oxygens (including phenoxy) is 1. The molecule has 1 aromatic rings. The van der Waals surface area contributed by atoms with Crippen molar-refractivity contribution in [2.45, 2.75) is 6.42 Å². The molecule has 18 heavy (non-hydrogen) atoms. The Morgan fingerprint density at radius 1 is 1.44 bits per heavy atom. The van der Waals surface area contributed by atoms with E-state index in [0.29, 0.717) is 5.75 Å². The van der Waals surface area contributed by atoms with Gasteiger partial charge in [-0.05, 0) is 29.7 Å². The highest BCUT2D eigenvalue weighted by molar-refractivity contribution is 6.01. The van der Waals surface area contributed by atoms with E-state index < -0.39 is 0 Å². The molecule has 0 radical (unpaired) electrons. The van der Waals surface area contributed by atoms with Crippen molar-refractivity contribution in [1.82, 2.24) is 5.32 Å². The Balaban J connectivity index is 1.94. The third-order valence-electron chi connectivity index (χ3n) is 3.28. The van der Waals surface area contributed by atoms with E-state index in [0.717, 1.165) is 23.4 Å². The summed E-state index contributed by atoms with van der Waals surface area (Å²) in [4.78, 5) is 4.31. The van der Waals surface area contributed by atoms with Crippen molar-refractivity contribution in [3.8, 4) is 11.5 Å². The monoisotopic (exact) mass is 242 g/mol. The summed E-state index contributed by atoms with van der Waals surface area (Å²) in [5.41, 5.74) is 2.14. The predicted molar refractivity (Wildman–Crippen MR) is 70.5 cm³/mol. The molecule has 0 bridgehead atoms. The molecule has 4 heteroatoms. The predicted octanol–water partition coefficient (Wildman–Crippen LogP) is 2.28. The molecule has 1 atom stereocenters. The number of methoxy groups -OCH3 is 1. The van der Waals surface area contributed by atoms with E-state index in [1.54, 1.807) is 19.2 Å². The summed E-state index contributed by atoms with van der Waals surface area (Å²) < 4.78 is 5.05. The van der Waals surface area contributed by atoms with Crippen molar-refractivity contribution in [3.05, 3.63) is 42.2 Å². The summed E-state index contributed by atoms with van der Waals surface area (Å²) in [6, 6.07) is 5.46. The van der Waals surface area contributed by atoms with Gasteiger partial charge in [-0.25, -0.2) is 4.99 Å². The highest BCUT2D eigenvalue weighted by Crippen LogP contribution is 2.36. The van der Waals surface area contributed by atoms with Gasteiger partial charge in [-0.1, -0.05) is 12.1 Å². The molecular formula is C14H14N2O2. The van der Waals surface area contributed by atoms with Crippen LogP contribution in [0.3, 0.4) is 0 Å². The van der Waals surface area contributed by atoms with Crippen molar-refractivity contribution < 1.29 is 9.84 Å². The molecule has 1 aromatic carbocycles. The molecule has 3 rings (SSSR count). The van der Waals surface area contributed by atoms with Crippen molar-refractivity contribution in [2.75, 3.05) is 7.11 Å². The van der Waals surface area contributed by atoms with Gasteiger partial charge in [-0.3, -0.25) is 0 Å². The van der Waals surface area contributed by atoms with Crippen LogP contribution in [-0.4, -0.2) is 18.1 Å².